The molecule has 21 heavy (non-hydrogen) atoms. The van der Waals surface area contributed by atoms with Crippen LogP contribution in [0.3, 0.4) is 0 Å². The molecule has 1 atom stereocenters. The zero-order valence-corrected chi connectivity index (χ0v) is 12.7. The Balaban J connectivity index is 2.09. The third-order valence-corrected chi connectivity index (χ3v) is 4.03. The molecule has 1 heterocycles. The van der Waals surface area contributed by atoms with E-state index in [0.717, 1.165) is 23.7 Å². The molecule has 3 N–H and O–H groups in total. The summed E-state index contributed by atoms with van der Waals surface area (Å²) in [5.41, 5.74) is 7.48. The van der Waals surface area contributed by atoms with Gasteiger partial charge in [-0.1, -0.05) is 44.9 Å². The van der Waals surface area contributed by atoms with Crippen LogP contribution >= 0.6 is 0 Å². The molecule has 1 aromatic carbocycles. The van der Waals surface area contributed by atoms with Gasteiger partial charge in [-0.15, -0.1) is 0 Å². The Hall–Kier alpha value is -1.94. The molecule has 0 saturated carbocycles. The second-order valence-corrected chi connectivity index (χ2v) is 5.33. The number of para-hydroxylation sites is 1. The van der Waals surface area contributed by atoms with Gasteiger partial charge in [0.2, 0.25) is 0 Å². The Morgan fingerprint density at radius 3 is 2.67 bits per heavy atom. The normalized spacial score (nSPS) is 12.6. The fourth-order valence-corrected chi connectivity index (χ4v) is 2.65. The summed E-state index contributed by atoms with van der Waals surface area (Å²) in [6, 6.07) is 9.44. The van der Waals surface area contributed by atoms with Crippen LogP contribution in [-0.4, -0.2) is 23.5 Å². The van der Waals surface area contributed by atoms with Crippen LogP contribution in [0.5, 0.6) is 0 Å². The van der Waals surface area contributed by atoms with Gasteiger partial charge < -0.3 is 11.1 Å². The van der Waals surface area contributed by atoms with Crippen molar-refractivity contribution in [2.45, 2.75) is 32.7 Å². The molecule has 1 unspecified atom stereocenters. The van der Waals surface area contributed by atoms with E-state index >= 15 is 0 Å². The predicted octanol–water partition coefficient (Wildman–Crippen LogP) is 2.73. The van der Waals surface area contributed by atoms with Gasteiger partial charge in [-0.2, -0.15) is 0 Å². The summed E-state index contributed by atoms with van der Waals surface area (Å²) < 4.78 is 0. The van der Waals surface area contributed by atoms with Crippen LogP contribution in [0.25, 0.3) is 10.9 Å². The molecule has 4 heteroatoms. The molecule has 0 aliphatic rings. The number of nitrogens with zero attached hydrogens (tertiary/aromatic N) is 1. The van der Waals surface area contributed by atoms with Crippen LogP contribution in [0.2, 0.25) is 0 Å². The maximum absolute atomic E-state index is 12.4. The van der Waals surface area contributed by atoms with Crippen LogP contribution in [0.1, 0.15) is 37.0 Å². The van der Waals surface area contributed by atoms with E-state index in [4.69, 9.17) is 5.73 Å². The molecular formula is C17H23N3O. The van der Waals surface area contributed by atoms with Gasteiger partial charge in [0.25, 0.3) is 5.91 Å². The van der Waals surface area contributed by atoms with E-state index in [2.05, 4.69) is 24.1 Å². The van der Waals surface area contributed by atoms with Gasteiger partial charge in [0.15, 0.2) is 0 Å². The molecule has 2 aromatic rings. The lowest BCUT2D eigenvalue weighted by Crippen LogP contribution is -2.41. The molecule has 0 bridgehead atoms. The zero-order valence-electron chi connectivity index (χ0n) is 12.7. The molecule has 112 valence electrons. The lowest BCUT2D eigenvalue weighted by molar-refractivity contribution is 0.0949. The van der Waals surface area contributed by atoms with Crippen molar-refractivity contribution in [3.63, 3.8) is 0 Å². The largest absolute Gasteiger partial charge is 0.350 e. The highest BCUT2D eigenvalue weighted by Gasteiger charge is 2.16. The molecule has 0 aliphatic carbocycles. The number of carbonyl (C=O) groups is 1. The quantitative estimate of drug-likeness (QED) is 0.857. The predicted molar refractivity (Wildman–Crippen MR) is 86.1 cm³/mol. The summed E-state index contributed by atoms with van der Waals surface area (Å²) in [5.74, 6) is 0.330. The first kappa shape index (κ1) is 15.4. The van der Waals surface area contributed by atoms with Gasteiger partial charge in [-0.05, 0) is 18.1 Å². The monoisotopic (exact) mass is 285 g/mol. The number of fused-ring (bicyclic) bond motifs is 1. The molecule has 1 aromatic heterocycles. The lowest BCUT2D eigenvalue weighted by Gasteiger charge is -2.21. The third kappa shape index (κ3) is 3.58. The van der Waals surface area contributed by atoms with Gasteiger partial charge in [0.05, 0.1) is 11.1 Å². The standard InChI is InChI=1S/C17H23N3O/c1-3-12(4-2)15(18)11-20-17(21)14-9-5-7-13-8-6-10-19-16(13)14/h5-10,12,15H,3-4,11,18H2,1-2H3,(H,20,21). The van der Waals surface area contributed by atoms with Crippen LogP contribution in [0.15, 0.2) is 36.5 Å². The Bertz CT molecular complexity index is 603. The smallest absolute Gasteiger partial charge is 0.253 e. The Morgan fingerprint density at radius 1 is 1.24 bits per heavy atom. The molecule has 4 nitrogen and oxygen atoms in total. The summed E-state index contributed by atoms with van der Waals surface area (Å²) in [5, 5.41) is 3.90. The molecule has 0 fully saturated rings. The average Bonchev–Trinajstić information content (AvgIpc) is 2.53. The fraction of sp³-hybridized carbons (Fsp3) is 0.412. The Morgan fingerprint density at radius 2 is 1.95 bits per heavy atom. The fourth-order valence-electron chi connectivity index (χ4n) is 2.65. The van der Waals surface area contributed by atoms with Gasteiger partial charge in [-0.25, -0.2) is 0 Å². The molecular weight excluding hydrogens is 262 g/mol. The molecule has 0 radical (unpaired) electrons. The first-order valence-electron chi connectivity index (χ1n) is 7.54. The highest BCUT2D eigenvalue weighted by Crippen LogP contribution is 2.16. The van der Waals surface area contributed by atoms with E-state index in [1.165, 1.54) is 0 Å². The number of rotatable bonds is 6. The van der Waals surface area contributed by atoms with Crippen LogP contribution in [-0.2, 0) is 0 Å². The van der Waals surface area contributed by atoms with Crippen molar-refractivity contribution >= 4 is 16.8 Å². The number of benzene rings is 1. The number of nitrogens with two attached hydrogens (primary N) is 1. The Kier molecular flexibility index (Phi) is 5.28. The summed E-state index contributed by atoms with van der Waals surface area (Å²) >= 11 is 0. The highest BCUT2D eigenvalue weighted by molar-refractivity contribution is 6.05. The van der Waals surface area contributed by atoms with Crippen molar-refractivity contribution in [3.05, 3.63) is 42.1 Å². The minimum atomic E-state index is -0.110. The number of nitrogens with one attached hydrogen (secondary N) is 1. The number of aromatic nitrogens is 1. The number of hydrogen-bond donors (Lipinski definition) is 2. The molecule has 1 amide bonds. The SMILES string of the molecule is CCC(CC)C(N)CNC(=O)c1cccc2cccnc12. The maximum Gasteiger partial charge on any atom is 0.253 e. The van der Waals surface area contributed by atoms with Crippen LogP contribution in [0.4, 0.5) is 0 Å². The summed E-state index contributed by atoms with van der Waals surface area (Å²) in [7, 11) is 0. The Labute approximate surface area is 125 Å². The first-order chi connectivity index (χ1) is 10.2. The topological polar surface area (TPSA) is 68.0 Å². The van der Waals surface area contributed by atoms with E-state index in [1.54, 1.807) is 12.3 Å². The van der Waals surface area contributed by atoms with Crippen molar-refractivity contribution < 1.29 is 4.79 Å². The van der Waals surface area contributed by atoms with Gasteiger partial charge >= 0.3 is 0 Å². The van der Waals surface area contributed by atoms with E-state index in [0.29, 0.717) is 18.0 Å². The summed E-state index contributed by atoms with van der Waals surface area (Å²) in [4.78, 5) is 16.7. The highest BCUT2D eigenvalue weighted by atomic mass is 16.1. The third-order valence-electron chi connectivity index (χ3n) is 4.03. The summed E-state index contributed by atoms with van der Waals surface area (Å²) in [6.45, 7) is 4.75. The molecule has 0 saturated heterocycles. The first-order valence-corrected chi connectivity index (χ1v) is 7.54. The second kappa shape index (κ2) is 7.18. The van der Waals surface area contributed by atoms with Crippen molar-refractivity contribution in [2.24, 2.45) is 11.7 Å². The number of amides is 1. The minimum absolute atomic E-state index is 0.00751. The van der Waals surface area contributed by atoms with Crippen molar-refractivity contribution in [2.75, 3.05) is 6.54 Å². The number of carbonyl (C=O) groups excluding carboxylic acids is 1. The average molecular weight is 285 g/mol. The van der Waals surface area contributed by atoms with E-state index in [9.17, 15) is 4.79 Å². The van der Waals surface area contributed by atoms with Crippen molar-refractivity contribution in [3.8, 4) is 0 Å². The van der Waals surface area contributed by atoms with Gasteiger partial charge in [-0.3, -0.25) is 9.78 Å². The molecule has 2 rings (SSSR count). The number of pyridine rings is 1. The van der Waals surface area contributed by atoms with Crippen molar-refractivity contribution in [1.29, 1.82) is 0 Å². The molecule has 0 spiro atoms. The maximum atomic E-state index is 12.4. The van der Waals surface area contributed by atoms with Crippen molar-refractivity contribution in [1.82, 2.24) is 10.3 Å². The van der Waals surface area contributed by atoms with E-state index in [1.807, 2.05) is 24.3 Å². The van der Waals surface area contributed by atoms with Crippen LogP contribution < -0.4 is 11.1 Å². The minimum Gasteiger partial charge on any atom is -0.350 e. The summed E-state index contributed by atoms with van der Waals surface area (Å²) in [6.07, 6.45) is 3.77. The van der Waals surface area contributed by atoms with E-state index in [-0.39, 0.29) is 11.9 Å². The van der Waals surface area contributed by atoms with E-state index < -0.39 is 0 Å². The van der Waals surface area contributed by atoms with Gasteiger partial charge in [0, 0.05) is 24.2 Å². The number of hydrogen-bond acceptors (Lipinski definition) is 3. The zero-order chi connectivity index (χ0) is 15.2. The van der Waals surface area contributed by atoms with Gasteiger partial charge in [0.1, 0.15) is 0 Å². The molecule has 0 aliphatic heterocycles. The second-order valence-electron chi connectivity index (χ2n) is 5.33. The van der Waals surface area contributed by atoms with Crippen LogP contribution in [0, 0.1) is 5.92 Å². The lowest BCUT2D eigenvalue weighted by atomic mass is 9.95.